The lowest BCUT2D eigenvalue weighted by Gasteiger charge is -2.14. The van der Waals surface area contributed by atoms with Gasteiger partial charge >= 0.3 is 0 Å². The van der Waals surface area contributed by atoms with Gasteiger partial charge < -0.3 is 10.3 Å². The number of aromatic nitrogens is 1. The Morgan fingerprint density at radius 3 is 2.86 bits per heavy atom. The van der Waals surface area contributed by atoms with Crippen LogP contribution in [0.15, 0.2) is 23.1 Å². The first-order chi connectivity index (χ1) is 6.72. The van der Waals surface area contributed by atoms with Crippen molar-refractivity contribution in [2.24, 2.45) is 11.7 Å². The van der Waals surface area contributed by atoms with Crippen LogP contribution in [0.3, 0.4) is 0 Å². The highest BCUT2D eigenvalue weighted by atomic mass is 16.1. The standard InChI is InChI=1S/C11H16N2O/c1-8(10-3-4-10)13-7-9(6-12)2-5-11(13)14/h2,5,7-8,10H,3-4,6,12H2,1H3. The Morgan fingerprint density at radius 2 is 2.29 bits per heavy atom. The molecule has 1 fully saturated rings. The summed E-state index contributed by atoms with van der Waals surface area (Å²) in [5, 5.41) is 0. The second-order valence-corrected chi connectivity index (χ2v) is 4.07. The van der Waals surface area contributed by atoms with Crippen LogP contribution in [0.25, 0.3) is 0 Å². The van der Waals surface area contributed by atoms with E-state index in [1.165, 1.54) is 12.8 Å². The smallest absolute Gasteiger partial charge is 0.250 e. The minimum Gasteiger partial charge on any atom is -0.326 e. The summed E-state index contributed by atoms with van der Waals surface area (Å²) in [4.78, 5) is 11.6. The van der Waals surface area contributed by atoms with Crippen LogP contribution in [0.4, 0.5) is 0 Å². The molecule has 2 N–H and O–H groups in total. The average molecular weight is 192 g/mol. The SMILES string of the molecule is CC(C1CC1)n1cc(CN)ccc1=O. The molecule has 1 unspecified atom stereocenters. The molecule has 0 saturated heterocycles. The molecule has 1 aromatic heterocycles. The molecular weight excluding hydrogens is 176 g/mol. The molecule has 1 heterocycles. The van der Waals surface area contributed by atoms with Gasteiger partial charge in [0.15, 0.2) is 0 Å². The molecule has 3 heteroatoms. The number of nitrogens with two attached hydrogens (primary N) is 1. The van der Waals surface area contributed by atoms with Gasteiger partial charge in [0, 0.05) is 24.8 Å². The van der Waals surface area contributed by atoms with Gasteiger partial charge in [0.2, 0.25) is 0 Å². The van der Waals surface area contributed by atoms with Crippen molar-refractivity contribution in [1.82, 2.24) is 4.57 Å². The van der Waals surface area contributed by atoms with E-state index < -0.39 is 0 Å². The Morgan fingerprint density at radius 1 is 1.57 bits per heavy atom. The van der Waals surface area contributed by atoms with Crippen molar-refractivity contribution in [3.8, 4) is 0 Å². The van der Waals surface area contributed by atoms with Gasteiger partial charge in [0.05, 0.1) is 0 Å². The van der Waals surface area contributed by atoms with Crippen molar-refractivity contribution in [2.75, 3.05) is 0 Å². The van der Waals surface area contributed by atoms with Crippen molar-refractivity contribution in [3.05, 3.63) is 34.2 Å². The molecule has 0 amide bonds. The fraction of sp³-hybridized carbons (Fsp3) is 0.545. The lowest BCUT2D eigenvalue weighted by Crippen LogP contribution is -2.24. The Bertz CT molecular complexity index is 379. The summed E-state index contributed by atoms with van der Waals surface area (Å²) in [5.74, 6) is 0.695. The van der Waals surface area contributed by atoms with Crippen LogP contribution < -0.4 is 11.3 Å². The molecule has 3 nitrogen and oxygen atoms in total. The maximum Gasteiger partial charge on any atom is 0.250 e. The first-order valence-electron chi connectivity index (χ1n) is 5.13. The van der Waals surface area contributed by atoms with E-state index in [0.29, 0.717) is 18.5 Å². The molecule has 1 aliphatic rings. The summed E-state index contributed by atoms with van der Waals surface area (Å²) in [7, 11) is 0. The average Bonchev–Trinajstić information content (AvgIpc) is 3.01. The van der Waals surface area contributed by atoms with Crippen LogP contribution in [-0.2, 0) is 6.54 Å². The number of rotatable bonds is 3. The zero-order valence-electron chi connectivity index (χ0n) is 8.44. The Hall–Kier alpha value is -1.09. The minimum absolute atomic E-state index is 0.0848. The van der Waals surface area contributed by atoms with Crippen LogP contribution in [0.2, 0.25) is 0 Å². The third-order valence-electron chi connectivity index (χ3n) is 2.98. The predicted octanol–water partition coefficient (Wildman–Crippen LogP) is 1.28. The van der Waals surface area contributed by atoms with Crippen LogP contribution in [0.5, 0.6) is 0 Å². The molecule has 1 saturated carbocycles. The fourth-order valence-corrected chi connectivity index (χ4v) is 1.79. The maximum atomic E-state index is 11.6. The molecule has 1 aromatic rings. The van der Waals surface area contributed by atoms with Gasteiger partial charge in [-0.1, -0.05) is 6.07 Å². The summed E-state index contributed by atoms with van der Waals surface area (Å²) in [5.41, 5.74) is 6.66. The summed E-state index contributed by atoms with van der Waals surface area (Å²) in [6, 6.07) is 3.74. The number of pyridine rings is 1. The van der Waals surface area contributed by atoms with Crippen LogP contribution in [-0.4, -0.2) is 4.57 Å². The predicted molar refractivity (Wildman–Crippen MR) is 56.0 cm³/mol. The summed E-state index contributed by atoms with van der Waals surface area (Å²) in [6.45, 7) is 2.61. The van der Waals surface area contributed by atoms with Crippen LogP contribution in [0.1, 0.15) is 31.4 Å². The summed E-state index contributed by atoms with van der Waals surface area (Å²) >= 11 is 0. The second-order valence-electron chi connectivity index (χ2n) is 4.07. The first-order valence-corrected chi connectivity index (χ1v) is 5.13. The maximum absolute atomic E-state index is 11.6. The van der Waals surface area contributed by atoms with Gasteiger partial charge in [0.1, 0.15) is 0 Å². The monoisotopic (exact) mass is 192 g/mol. The van der Waals surface area contributed by atoms with E-state index in [2.05, 4.69) is 6.92 Å². The van der Waals surface area contributed by atoms with Gasteiger partial charge in [-0.15, -0.1) is 0 Å². The van der Waals surface area contributed by atoms with E-state index in [1.807, 2.05) is 10.8 Å². The Kier molecular flexibility index (Phi) is 2.42. The summed E-state index contributed by atoms with van der Waals surface area (Å²) < 4.78 is 1.82. The van der Waals surface area contributed by atoms with Gasteiger partial charge in [-0.2, -0.15) is 0 Å². The van der Waals surface area contributed by atoms with Gasteiger partial charge in [0.25, 0.3) is 5.56 Å². The van der Waals surface area contributed by atoms with Gasteiger partial charge in [-0.25, -0.2) is 0 Å². The van der Waals surface area contributed by atoms with Crippen molar-refractivity contribution in [1.29, 1.82) is 0 Å². The number of hydrogen-bond donors (Lipinski definition) is 1. The Balaban J connectivity index is 2.34. The molecule has 0 spiro atoms. The van der Waals surface area contributed by atoms with E-state index in [4.69, 9.17) is 5.73 Å². The molecule has 2 rings (SSSR count). The van der Waals surface area contributed by atoms with E-state index >= 15 is 0 Å². The highest BCUT2D eigenvalue weighted by molar-refractivity contribution is 5.10. The molecule has 0 bridgehead atoms. The van der Waals surface area contributed by atoms with Crippen molar-refractivity contribution >= 4 is 0 Å². The normalized spacial score (nSPS) is 18.1. The van der Waals surface area contributed by atoms with E-state index in [1.54, 1.807) is 12.1 Å². The fourth-order valence-electron chi connectivity index (χ4n) is 1.79. The quantitative estimate of drug-likeness (QED) is 0.784. The third kappa shape index (κ3) is 1.73. The second kappa shape index (κ2) is 3.58. The third-order valence-corrected chi connectivity index (χ3v) is 2.98. The Labute approximate surface area is 83.5 Å². The number of nitrogens with zero attached hydrogens (tertiary/aromatic N) is 1. The minimum atomic E-state index is 0.0848. The largest absolute Gasteiger partial charge is 0.326 e. The molecule has 1 aliphatic carbocycles. The molecular formula is C11H16N2O. The van der Waals surface area contributed by atoms with Crippen molar-refractivity contribution in [2.45, 2.75) is 32.4 Å². The summed E-state index contributed by atoms with van der Waals surface area (Å²) in [6.07, 6.45) is 4.40. The molecule has 0 radical (unpaired) electrons. The van der Waals surface area contributed by atoms with Crippen LogP contribution >= 0.6 is 0 Å². The molecule has 14 heavy (non-hydrogen) atoms. The molecule has 76 valence electrons. The molecule has 1 atom stereocenters. The lowest BCUT2D eigenvalue weighted by molar-refractivity contribution is 0.469. The van der Waals surface area contributed by atoms with Gasteiger partial charge in [-0.05, 0) is 31.2 Å². The number of hydrogen-bond acceptors (Lipinski definition) is 2. The lowest BCUT2D eigenvalue weighted by atomic mass is 10.2. The van der Waals surface area contributed by atoms with Gasteiger partial charge in [-0.3, -0.25) is 4.79 Å². The topological polar surface area (TPSA) is 48.0 Å². The van der Waals surface area contributed by atoms with E-state index in [0.717, 1.165) is 5.56 Å². The first kappa shape index (κ1) is 9.46. The molecule has 0 aliphatic heterocycles. The highest BCUT2D eigenvalue weighted by Crippen LogP contribution is 2.38. The zero-order chi connectivity index (χ0) is 10.1. The van der Waals surface area contributed by atoms with Crippen molar-refractivity contribution < 1.29 is 0 Å². The van der Waals surface area contributed by atoms with E-state index in [-0.39, 0.29) is 5.56 Å². The molecule has 0 aromatic carbocycles. The van der Waals surface area contributed by atoms with E-state index in [9.17, 15) is 4.79 Å². The van der Waals surface area contributed by atoms with Crippen LogP contribution in [0, 0.1) is 5.92 Å². The highest BCUT2D eigenvalue weighted by Gasteiger charge is 2.29. The zero-order valence-corrected chi connectivity index (χ0v) is 8.44. The van der Waals surface area contributed by atoms with Crippen molar-refractivity contribution in [3.63, 3.8) is 0 Å².